The van der Waals surface area contributed by atoms with E-state index in [1.807, 2.05) is 0 Å². The van der Waals surface area contributed by atoms with E-state index >= 15 is 0 Å². The Labute approximate surface area is 122 Å². The maximum atomic E-state index is 12.2. The highest BCUT2D eigenvalue weighted by atomic mass is 35.5. The van der Waals surface area contributed by atoms with Crippen LogP contribution in [0.5, 0.6) is 0 Å². The van der Waals surface area contributed by atoms with Crippen molar-refractivity contribution < 1.29 is 14.4 Å². The van der Waals surface area contributed by atoms with E-state index in [-0.39, 0.29) is 28.4 Å². The molecule has 0 aliphatic heterocycles. The van der Waals surface area contributed by atoms with Gasteiger partial charge in [0.05, 0.1) is 17.9 Å². The molecule has 0 saturated heterocycles. The van der Waals surface area contributed by atoms with Crippen molar-refractivity contribution >= 4 is 23.3 Å². The van der Waals surface area contributed by atoms with Gasteiger partial charge in [-0.2, -0.15) is 0 Å². The molecule has 0 radical (unpaired) electrons. The maximum absolute atomic E-state index is 12.2. The van der Waals surface area contributed by atoms with Gasteiger partial charge < -0.3 is 20.7 Å². The summed E-state index contributed by atoms with van der Waals surface area (Å²) in [6.45, 7) is 0. The van der Waals surface area contributed by atoms with E-state index < -0.39 is 6.04 Å². The number of carbonyl (C=O) groups is 1. The zero-order chi connectivity index (χ0) is 14.5. The van der Waals surface area contributed by atoms with Crippen molar-refractivity contribution in [3.63, 3.8) is 0 Å². The summed E-state index contributed by atoms with van der Waals surface area (Å²) in [6.07, 6.45) is 6.59. The van der Waals surface area contributed by atoms with Crippen LogP contribution < -0.4 is 11.1 Å². The van der Waals surface area contributed by atoms with Crippen LogP contribution in [-0.2, 0) is 0 Å². The molecular formula is C13H18ClN3O3. The molecule has 1 aromatic rings. The van der Waals surface area contributed by atoms with Crippen LogP contribution in [0.3, 0.4) is 0 Å². The van der Waals surface area contributed by atoms with Crippen molar-refractivity contribution in [2.75, 3.05) is 0 Å². The number of nitrogens with one attached hydrogen (secondary N) is 1. The number of hydrogen-bond donors (Lipinski definition) is 3. The number of hydrogen-bond acceptors (Lipinski definition) is 4. The smallest absolute Gasteiger partial charge is 0.256 e. The van der Waals surface area contributed by atoms with Crippen molar-refractivity contribution in [1.29, 1.82) is 0 Å². The maximum Gasteiger partial charge on any atom is 0.256 e. The Morgan fingerprint density at radius 2 is 2.20 bits per heavy atom. The van der Waals surface area contributed by atoms with Crippen molar-refractivity contribution in [2.45, 2.75) is 38.1 Å². The molecule has 1 fully saturated rings. The lowest BCUT2D eigenvalue weighted by atomic mass is 9.83. The van der Waals surface area contributed by atoms with Gasteiger partial charge in [0.1, 0.15) is 0 Å². The second-order valence-electron chi connectivity index (χ2n) is 4.98. The molecule has 2 rings (SSSR count). The van der Waals surface area contributed by atoms with Crippen LogP contribution in [0, 0.1) is 5.92 Å². The molecule has 1 aliphatic rings. The first-order chi connectivity index (χ1) is 9.63. The van der Waals surface area contributed by atoms with E-state index in [1.54, 1.807) is 0 Å². The number of rotatable bonds is 4. The lowest BCUT2D eigenvalue weighted by molar-refractivity contribution is 0.0930. The number of furan rings is 1. The van der Waals surface area contributed by atoms with E-state index in [1.165, 1.54) is 18.8 Å². The van der Waals surface area contributed by atoms with Crippen LogP contribution in [0.2, 0.25) is 5.22 Å². The highest BCUT2D eigenvalue weighted by Gasteiger charge is 2.29. The Balaban J connectivity index is 2.11. The average molecular weight is 300 g/mol. The predicted molar refractivity (Wildman–Crippen MR) is 75.0 cm³/mol. The summed E-state index contributed by atoms with van der Waals surface area (Å²) in [4.78, 5) is 12.2. The highest BCUT2D eigenvalue weighted by molar-refractivity contribution is 6.32. The predicted octanol–water partition coefficient (Wildman–Crippen LogP) is 2.36. The summed E-state index contributed by atoms with van der Waals surface area (Å²) in [5, 5.41) is 14.8. The van der Waals surface area contributed by atoms with Crippen molar-refractivity contribution in [2.24, 2.45) is 16.8 Å². The van der Waals surface area contributed by atoms with Gasteiger partial charge in [-0.25, -0.2) is 0 Å². The van der Waals surface area contributed by atoms with Crippen molar-refractivity contribution in [3.8, 4) is 0 Å². The molecule has 1 atom stereocenters. The lowest BCUT2D eigenvalue weighted by Gasteiger charge is -2.29. The normalized spacial score (nSPS) is 18.8. The number of carbonyl (C=O) groups excluding carboxylic acids is 1. The summed E-state index contributed by atoms with van der Waals surface area (Å²) < 4.78 is 4.89. The molecule has 0 aromatic carbocycles. The van der Waals surface area contributed by atoms with E-state index in [4.69, 9.17) is 27.0 Å². The first-order valence-electron chi connectivity index (χ1n) is 6.64. The van der Waals surface area contributed by atoms with Crippen LogP contribution in [0.15, 0.2) is 21.9 Å². The van der Waals surface area contributed by atoms with E-state index in [9.17, 15) is 4.79 Å². The van der Waals surface area contributed by atoms with Gasteiger partial charge in [0.25, 0.3) is 5.91 Å². The number of oxime groups is 1. The fraction of sp³-hybridized carbons (Fsp3) is 0.538. The third-order valence-corrected chi connectivity index (χ3v) is 4.00. The summed E-state index contributed by atoms with van der Waals surface area (Å²) in [5.41, 5.74) is 5.96. The zero-order valence-electron chi connectivity index (χ0n) is 11.0. The largest absolute Gasteiger partial charge is 0.452 e. The van der Waals surface area contributed by atoms with Gasteiger partial charge in [0, 0.05) is 0 Å². The number of amides is 1. The van der Waals surface area contributed by atoms with Gasteiger partial charge in [0.2, 0.25) is 5.22 Å². The number of nitrogens with zero attached hydrogens (tertiary/aromatic N) is 1. The second kappa shape index (κ2) is 6.65. The minimum Gasteiger partial charge on any atom is -0.452 e. The van der Waals surface area contributed by atoms with Crippen LogP contribution >= 0.6 is 11.6 Å². The lowest BCUT2D eigenvalue weighted by Crippen LogP contribution is -2.49. The monoisotopic (exact) mass is 299 g/mol. The minimum atomic E-state index is -0.487. The van der Waals surface area contributed by atoms with E-state index in [0.717, 1.165) is 25.7 Å². The number of nitrogens with two attached hydrogens (primary N) is 1. The summed E-state index contributed by atoms with van der Waals surface area (Å²) >= 11 is 5.78. The third kappa shape index (κ3) is 3.25. The summed E-state index contributed by atoms with van der Waals surface area (Å²) in [7, 11) is 0. The Morgan fingerprint density at radius 3 is 2.75 bits per heavy atom. The van der Waals surface area contributed by atoms with Crippen molar-refractivity contribution in [3.05, 3.63) is 23.1 Å². The quantitative estimate of drug-likeness (QED) is 0.344. The van der Waals surface area contributed by atoms with Crippen LogP contribution in [0.1, 0.15) is 42.5 Å². The molecule has 7 heteroatoms. The minimum absolute atomic E-state index is 0.0184. The van der Waals surface area contributed by atoms with Gasteiger partial charge in [-0.1, -0.05) is 24.4 Å². The summed E-state index contributed by atoms with van der Waals surface area (Å²) in [6, 6.07) is 1.00. The van der Waals surface area contributed by atoms with E-state index in [0.29, 0.717) is 0 Å². The van der Waals surface area contributed by atoms with Gasteiger partial charge in [-0.3, -0.25) is 4.79 Å². The third-order valence-electron chi connectivity index (χ3n) is 3.70. The van der Waals surface area contributed by atoms with Gasteiger partial charge in [0.15, 0.2) is 5.84 Å². The number of amidine groups is 1. The molecule has 1 amide bonds. The second-order valence-corrected chi connectivity index (χ2v) is 5.33. The zero-order valence-corrected chi connectivity index (χ0v) is 11.8. The topological polar surface area (TPSA) is 101 Å². The average Bonchev–Trinajstić information content (AvgIpc) is 2.91. The van der Waals surface area contributed by atoms with Crippen LogP contribution in [-0.4, -0.2) is 23.0 Å². The highest BCUT2D eigenvalue weighted by Crippen LogP contribution is 2.27. The van der Waals surface area contributed by atoms with Gasteiger partial charge in [-0.05, 0) is 36.4 Å². The molecule has 20 heavy (non-hydrogen) atoms. The molecule has 110 valence electrons. The molecule has 1 heterocycles. The Hall–Kier alpha value is -1.69. The molecule has 1 unspecified atom stereocenters. The molecule has 1 aromatic heterocycles. The Kier molecular flexibility index (Phi) is 4.89. The van der Waals surface area contributed by atoms with Crippen molar-refractivity contribution in [1.82, 2.24) is 5.32 Å². The first-order valence-corrected chi connectivity index (χ1v) is 7.02. The van der Waals surface area contributed by atoms with E-state index in [2.05, 4.69) is 10.5 Å². The molecule has 1 aliphatic carbocycles. The number of halogens is 1. The van der Waals surface area contributed by atoms with Gasteiger partial charge >= 0.3 is 0 Å². The standard InChI is InChI=1S/C13H18ClN3O3/c14-11-9(6-7-20-11)13(18)16-10(12(15)17-19)8-4-2-1-3-5-8/h6-8,10,19H,1-5H2,(H2,15,17)(H,16,18). The summed E-state index contributed by atoms with van der Waals surface area (Å²) in [5.74, 6) is -0.190. The Bertz CT molecular complexity index is 495. The molecule has 0 spiro atoms. The first kappa shape index (κ1) is 14.7. The molecule has 0 bridgehead atoms. The van der Waals surface area contributed by atoms with Crippen LogP contribution in [0.25, 0.3) is 0 Å². The molecule has 1 saturated carbocycles. The molecular weight excluding hydrogens is 282 g/mol. The van der Waals surface area contributed by atoms with Gasteiger partial charge in [-0.15, -0.1) is 0 Å². The molecule has 6 nitrogen and oxygen atoms in total. The molecule has 4 N–H and O–H groups in total. The Morgan fingerprint density at radius 1 is 1.50 bits per heavy atom. The SMILES string of the molecule is N/C(=N/O)C(NC(=O)c1ccoc1Cl)C1CCCCC1. The fourth-order valence-corrected chi connectivity index (χ4v) is 2.84. The van der Waals surface area contributed by atoms with Crippen LogP contribution in [0.4, 0.5) is 0 Å². The fourth-order valence-electron chi connectivity index (χ4n) is 2.64.